The Hall–Kier alpha value is -3.03. The second-order valence-corrected chi connectivity index (χ2v) is 5.86. The molecule has 8 heteroatoms. The molecule has 25 heavy (non-hydrogen) atoms. The molecule has 0 radical (unpaired) electrons. The molecule has 0 atom stereocenters. The third kappa shape index (κ3) is 4.09. The quantitative estimate of drug-likeness (QED) is 0.866. The summed E-state index contributed by atoms with van der Waals surface area (Å²) in [7, 11) is 0. The molecule has 0 unspecified atom stereocenters. The van der Waals surface area contributed by atoms with Crippen LogP contribution in [0.2, 0.25) is 0 Å². The lowest BCUT2D eigenvalue weighted by Gasteiger charge is -2.32. The Morgan fingerprint density at radius 1 is 1.20 bits per heavy atom. The summed E-state index contributed by atoms with van der Waals surface area (Å²) < 4.78 is 13.2. The number of hydrogen-bond donors (Lipinski definition) is 2. The van der Waals surface area contributed by atoms with Crippen LogP contribution in [0.3, 0.4) is 0 Å². The van der Waals surface area contributed by atoms with Crippen molar-refractivity contribution in [2.24, 2.45) is 0 Å². The van der Waals surface area contributed by atoms with Crippen LogP contribution in [-0.2, 0) is 0 Å². The number of hydrogen-bond acceptors (Lipinski definition) is 4. The van der Waals surface area contributed by atoms with Gasteiger partial charge in [0, 0.05) is 30.8 Å². The topological polar surface area (TPSA) is 95.2 Å². The minimum absolute atomic E-state index is 0.0802. The van der Waals surface area contributed by atoms with E-state index in [1.165, 1.54) is 30.3 Å². The highest BCUT2D eigenvalue weighted by Crippen LogP contribution is 2.14. The van der Waals surface area contributed by atoms with Crippen molar-refractivity contribution >= 4 is 11.8 Å². The van der Waals surface area contributed by atoms with E-state index >= 15 is 0 Å². The number of benzene rings is 1. The summed E-state index contributed by atoms with van der Waals surface area (Å²) >= 11 is 0. The summed E-state index contributed by atoms with van der Waals surface area (Å²) in [5.74, 6) is -1.04. The number of piperidine rings is 1. The highest BCUT2D eigenvalue weighted by atomic mass is 19.1. The van der Waals surface area contributed by atoms with Gasteiger partial charge in [-0.25, -0.2) is 9.49 Å². The van der Waals surface area contributed by atoms with E-state index in [4.69, 9.17) is 0 Å². The molecular weight excluding hydrogens is 327 g/mol. The van der Waals surface area contributed by atoms with E-state index in [1.54, 1.807) is 11.0 Å². The number of likely N-dealkylation sites (tertiary alicyclic amines) is 1. The van der Waals surface area contributed by atoms with Gasteiger partial charge in [0.2, 0.25) is 0 Å². The molecule has 2 aromatic rings. The van der Waals surface area contributed by atoms with Crippen LogP contribution in [0, 0.1) is 5.82 Å². The molecule has 1 aliphatic rings. The number of halogens is 1. The lowest BCUT2D eigenvalue weighted by molar-refractivity contribution is 0.0691. The number of aromatic amines is 1. The Morgan fingerprint density at radius 3 is 2.60 bits per heavy atom. The number of carbonyl (C=O) groups is 2. The van der Waals surface area contributed by atoms with Gasteiger partial charge in [-0.3, -0.25) is 14.4 Å². The second kappa shape index (κ2) is 7.25. The van der Waals surface area contributed by atoms with Gasteiger partial charge in [-0.2, -0.15) is 5.10 Å². The maximum absolute atomic E-state index is 13.2. The molecule has 1 saturated heterocycles. The molecule has 1 aromatic carbocycles. The normalized spacial score (nSPS) is 15.0. The summed E-state index contributed by atoms with van der Waals surface area (Å²) in [5, 5.41) is 8.83. The van der Waals surface area contributed by atoms with Crippen molar-refractivity contribution in [3.05, 3.63) is 63.8 Å². The minimum Gasteiger partial charge on any atom is -0.349 e. The van der Waals surface area contributed by atoms with Crippen molar-refractivity contribution in [3.63, 3.8) is 0 Å². The Bertz CT molecular complexity index is 823. The van der Waals surface area contributed by atoms with Crippen LogP contribution in [0.1, 0.15) is 33.7 Å². The van der Waals surface area contributed by atoms with Crippen molar-refractivity contribution in [2.45, 2.75) is 18.9 Å². The minimum atomic E-state index is -0.457. The van der Waals surface area contributed by atoms with Crippen molar-refractivity contribution < 1.29 is 14.0 Å². The summed E-state index contributed by atoms with van der Waals surface area (Å²) in [5.41, 5.74) is 0.0908. The smallest absolute Gasteiger partial charge is 0.274 e. The lowest BCUT2D eigenvalue weighted by Crippen LogP contribution is -2.46. The van der Waals surface area contributed by atoms with Gasteiger partial charge in [-0.1, -0.05) is 6.07 Å². The van der Waals surface area contributed by atoms with Crippen LogP contribution < -0.4 is 10.9 Å². The number of aromatic nitrogens is 2. The molecule has 1 aromatic heterocycles. The van der Waals surface area contributed by atoms with E-state index < -0.39 is 5.82 Å². The Labute approximate surface area is 142 Å². The van der Waals surface area contributed by atoms with E-state index in [0.29, 0.717) is 25.9 Å². The monoisotopic (exact) mass is 344 g/mol. The van der Waals surface area contributed by atoms with Gasteiger partial charge >= 0.3 is 0 Å². The Kier molecular flexibility index (Phi) is 4.87. The summed E-state index contributed by atoms with van der Waals surface area (Å²) in [4.78, 5) is 37.1. The van der Waals surface area contributed by atoms with Gasteiger partial charge in [-0.05, 0) is 37.1 Å². The van der Waals surface area contributed by atoms with Gasteiger partial charge in [0.25, 0.3) is 17.4 Å². The fourth-order valence-electron chi connectivity index (χ4n) is 2.75. The van der Waals surface area contributed by atoms with Gasteiger partial charge in [0.15, 0.2) is 0 Å². The van der Waals surface area contributed by atoms with Crippen LogP contribution in [0.15, 0.2) is 41.2 Å². The second-order valence-electron chi connectivity index (χ2n) is 5.86. The van der Waals surface area contributed by atoms with Crippen LogP contribution in [0.25, 0.3) is 0 Å². The third-order valence-corrected chi connectivity index (χ3v) is 4.10. The highest BCUT2D eigenvalue weighted by Gasteiger charge is 2.25. The molecule has 3 rings (SSSR count). The maximum atomic E-state index is 13.2. The predicted molar refractivity (Wildman–Crippen MR) is 87.6 cm³/mol. The number of nitrogens with one attached hydrogen (secondary N) is 2. The summed E-state index contributed by atoms with van der Waals surface area (Å²) in [6.07, 6.45) is 1.19. The van der Waals surface area contributed by atoms with Crippen molar-refractivity contribution in [2.75, 3.05) is 13.1 Å². The molecular formula is C17H17FN4O3. The zero-order valence-electron chi connectivity index (χ0n) is 13.4. The maximum Gasteiger partial charge on any atom is 0.274 e. The number of carbonyl (C=O) groups excluding carboxylic acids is 2. The summed E-state index contributed by atoms with van der Waals surface area (Å²) in [6, 6.07) is 8.08. The molecule has 2 N–H and O–H groups in total. The first-order valence-electron chi connectivity index (χ1n) is 7.94. The van der Waals surface area contributed by atoms with E-state index in [0.717, 1.165) is 0 Å². The molecule has 0 saturated carbocycles. The molecule has 1 fully saturated rings. The van der Waals surface area contributed by atoms with Gasteiger partial charge in [0.05, 0.1) is 0 Å². The number of nitrogens with zero attached hydrogens (tertiary/aromatic N) is 2. The van der Waals surface area contributed by atoms with E-state index in [9.17, 15) is 18.8 Å². The van der Waals surface area contributed by atoms with E-state index in [1.807, 2.05) is 0 Å². The molecule has 2 heterocycles. The fourth-order valence-corrected chi connectivity index (χ4v) is 2.75. The molecule has 0 spiro atoms. The molecule has 0 bridgehead atoms. The largest absolute Gasteiger partial charge is 0.349 e. The highest BCUT2D eigenvalue weighted by molar-refractivity contribution is 5.94. The van der Waals surface area contributed by atoms with Crippen LogP contribution >= 0.6 is 0 Å². The molecule has 130 valence electrons. The van der Waals surface area contributed by atoms with Gasteiger partial charge in [0.1, 0.15) is 11.5 Å². The lowest BCUT2D eigenvalue weighted by atomic mass is 10.0. The predicted octanol–water partition coefficient (Wildman–Crippen LogP) is 0.944. The Balaban J connectivity index is 1.55. The average molecular weight is 344 g/mol. The number of rotatable bonds is 3. The van der Waals surface area contributed by atoms with Crippen LogP contribution in [0.4, 0.5) is 4.39 Å². The zero-order valence-corrected chi connectivity index (χ0v) is 13.4. The first-order valence-corrected chi connectivity index (χ1v) is 7.94. The van der Waals surface area contributed by atoms with Crippen LogP contribution in [-0.4, -0.2) is 46.0 Å². The standard InChI is InChI=1S/C17H17FN4O3/c18-12-3-1-2-11(10-12)16(24)19-13-6-8-22(9-7-13)17(25)14-4-5-15(23)21-20-14/h1-5,10,13H,6-9H2,(H,19,24)(H,21,23). The number of amides is 2. The van der Waals surface area contributed by atoms with Crippen LogP contribution in [0.5, 0.6) is 0 Å². The van der Waals surface area contributed by atoms with E-state index in [-0.39, 0.29) is 34.7 Å². The first-order chi connectivity index (χ1) is 12.0. The SMILES string of the molecule is O=C(NC1CCN(C(=O)c2ccc(=O)[nH]n2)CC1)c1cccc(F)c1. The van der Waals surface area contributed by atoms with Crippen molar-refractivity contribution in [1.29, 1.82) is 0 Å². The average Bonchev–Trinajstić information content (AvgIpc) is 2.62. The van der Waals surface area contributed by atoms with Crippen molar-refractivity contribution in [3.8, 4) is 0 Å². The number of H-pyrrole nitrogens is 1. The summed E-state index contributed by atoms with van der Waals surface area (Å²) in [6.45, 7) is 0.932. The molecule has 7 nitrogen and oxygen atoms in total. The van der Waals surface area contributed by atoms with Crippen molar-refractivity contribution in [1.82, 2.24) is 20.4 Å². The van der Waals surface area contributed by atoms with Gasteiger partial charge < -0.3 is 10.2 Å². The molecule has 2 amide bonds. The molecule has 1 aliphatic heterocycles. The molecule has 0 aliphatic carbocycles. The Morgan fingerprint density at radius 2 is 1.96 bits per heavy atom. The van der Waals surface area contributed by atoms with Gasteiger partial charge in [-0.15, -0.1) is 0 Å². The third-order valence-electron chi connectivity index (χ3n) is 4.10. The first kappa shape index (κ1) is 16.8. The van der Waals surface area contributed by atoms with E-state index in [2.05, 4.69) is 15.5 Å². The fraction of sp³-hybridized carbons (Fsp3) is 0.294. The zero-order chi connectivity index (χ0) is 17.8.